The van der Waals surface area contributed by atoms with Gasteiger partial charge in [0.25, 0.3) is 5.91 Å². The number of aliphatic carboxylic acids is 1. The topological polar surface area (TPSA) is 141 Å². The number of alkyl halides is 6. The van der Waals surface area contributed by atoms with Crippen LogP contribution in [-0.4, -0.2) is 64.7 Å². The molecule has 0 radical (unpaired) electrons. The second-order valence-corrected chi connectivity index (χ2v) is 12.7. The number of pyridine rings is 1. The fraction of sp³-hybridized carbons (Fsp3) is 0.154. The summed E-state index contributed by atoms with van der Waals surface area (Å²) in [4.78, 5) is 30.0. The van der Waals surface area contributed by atoms with E-state index in [4.69, 9.17) is 0 Å². The van der Waals surface area contributed by atoms with E-state index in [2.05, 4.69) is 30.9 Å². The number of carboxylic acid groups (broad SMARTS) is 1. The molecule has 3 aromatic carbocycles. The van der Waals surface area contributed by atoms with Crippen molar-refractivity contribution in [2.75, 3.05) is 6.54 Å². The molecule has 1 aliphatic rings. The fourth-order valence-corrected chi connectivity index (χ4v) is 6.40. The number of nitrogens with zero attached hydrogens (tertiary/aromatic N) is 7. The predicted molar refractivity (Wildman–Crippen MR) is 191 cm³/mol. The van der Waals surface area contributed by atoms with Gasteiger partial charge in [-0.1, -0.05) is 71.1 Å². The number of hydrogen-bond donors (Lipinski definition) is 2. The Bertz CT molecular complexity index is 2520. The highest BCUT2D eigenvalue weighted by Crippen LogP contribution is 2.50. The standard InChI is InChI=1S/C39H28F6N8O3/c1-2-46-35(54)27-18-31(33-21-52(50-48-33)29-13-7-11-25(17-29)24-10-6-12-28(16-24)38(40,41)42)47-32(19-27)34-22-53(51-49-34)37(39(43,44)45)20-26(14-15-30(37)36(55)56)23-8-4-3-5-9-23/h3-19,21-22H,2,20H2,1H3,(H,46,54)(H,55,56). The minimum atomic E-state index is -5.17. The molecule has 3 aromatic heterocycles. The molecule has 3 heterocycles. The summed E-state index contributed by atoms with van der Waals surface area (Å²) < 4.78 is 87.9. The van der Waals surface area contributed by atoms with Gasteiger partial charge in [-0.2, -0.15) is 26.3 Å². The average molecular weight is 771 g/mol. The summed E-state index contributed by atoms with van der Waals surface area (Å²) in [7, 11) is 0. The van der Waals surface area contributed by atoms with E-state index in [1.165, 1.54) is 41.2 Å². The molecular formula is C39H28F6N8O3. The van der Waals surface area contributed by atoms with Gasteiger partial charge in [0.2, 0.25) is 0 Å². The van der Waals surface area contributed by atoms with Gasteiger partial charge in [-0.05, 0) is 71.7 Å². The van der Waals surface area contributed by atoms with Crippen LogP contribution in [0.5, 0.6) is 0 Å². The lowest BCUT2D eigenvalue weighted by Gasteiger charge is -2.38. The summed E-state index contributed by atoms with van der Waals surface area (Å²) in [6.45, 7) is 1.94. The van der Waals surface area contributed by atoms with Crippen molar-refractivity contribution in [1.29, 1.82) is 0 Å². The quantitative estimate of drug-likeness (QED) is 0.142. The molecule has 1 atom stereocenters. The molecule has 0 fully saturated rings. The van der Waals surface area contributed by atoms with Gasteiger partial charge in [0.05, 0.1) is 40.6 Å². The van der Waals surface area contributed by atoms with Crippen molar-refractivity contribution in [3.8, 4) is 39.6 Å². The van der Waals surface area contributed by atoms with Crippen molar-refractivity contribution >= 4 is 17.4 Å². The van der Waals surface area contributed by atoms with Gasteiger partial charge in [0.15, 0.2) is 5.54 Å². The summed E-state index contributed by atoms with van der Waals surface area (Å²) in [6.07, 6.45) is -5.88. The third-order valence-corrected chi connectivity index (χ3v) is 9.15. The summed E-state index contributed by atoms with van der Waals surface area (Å²) in [5, 5.41) is 28.8. The van der Waals surface area contributed by atoms with Gasteiger partial charge < -0.3 is 10.4 Å². The highest BCUT2D eigenvalue weighted by atomic mass is 19.4. The Hall–Kier alpha value is -6.91. The van der Waals surface area contributed by atoms with E-state index in [1.54, 1.807) is 61.5 Å². The lowest BCUT2D eigenvalue weighted by Crippen LogP contribution is -2.52. The number of rotatable bonds is 9. The Morgan fingerprint density at radius 2 is 1.41 bits per heavy atom. The number of hydrogen-bond acceptors (Lipinski definition) is 7. The van der Waals surface area contributed by atoms with E-state index in [-0.39, 0.29) is 40.5 Å². The number of allylic oxidation sites excluding steroid dienone is 3. The first-order valence-corrected chi connectivity index (χ1v) is 16.9. The molecule has 0 bridgehead atoms. The highest BCUT2D eigenvalue weighted by molar-refractivity contribution is 5.96. The number of amides is 1. The second-order valence-electron chi connectivity index (χ2n) is 12.7. The SMILES string of the molecule is CCNC(=O)c1cc(-c2cn(-c3cccc(-c4cccc(C(F)(F)F)c4)c3)nn2)nc(-c2cn(C3(C(F)(F)F)CC(c4ccccc4)=CC=C3C(=O)O)nn2)c1. The summed E-state index contributed by atoms with van der Waals surface area (Å²) >= 11 is 0. The third-order valence-electron chi connectivity index (χ3n) is 9.15. The smallest absolute Gasteiger partial charge is 0.418 e. The van der Waals surface area contributed by atoms with Gasteiger partial charge in [-0.25, -0.2) is 19.1 Å². The van der Waals surface area contributed by atoms with Gasteiger partial charge in [0.1, 0.15) is 11.4 Å². The minimum absolute atomic E-state index is 0.0473. The van der Waals surface area contributed by atoms with E-state index in [0.717, 1.165) is 24.4 Å². The molecule has 1 amide bonds. The van der Waals surface area contributed by atoms with E-state index < -0.39 is 47.3 Å². The Kier molecular flexibility index (Phi) is 9.61. The monoisotopic (exact) mass is 770 g/mol. The van der Waals surface area contributed by atoms with Crippen LogP contribution in [0.15, 0.2) is 121 Å². The van der Waals surface area contributed by atoms with Crippen LogP contribution in [0.2, 0.25) is 0 Å². The van der Waals surface area contributed by atoms with Crippen LogP contribution < -0.4 is 5.32 Å². The van der Waals surface area contributed by atoms with E-state index in [0.29, 0.717) is 27.1 Å². The summed E-state index contributed by atoms with van der Waals surface area (Å²) in [6, 6.07) is 22.3. The average Bonchev–Trinajstić information content (AvgIpc) is 3.89. The molecule has 56 heavy (non-hydrogen) atoms. The lowest BCUT2D eigenvalue weighted by atomic mass is 9.77. The van der Waals surface area contributed by atoms with Crippen molar-refractivity contribution in [3.63, 3.8) is 0 Å². The number of carbonyl (C=O) groups is 2. The molecule has 0 saturated carbocycles. The predicted octanol–water partition coefficient (Wildman–Crippen LogP) is 7.78. The molecule has 1 unspecified atom stereocenters. The Labute approximate surface area is 313 Å². The first-order valence-electron chi connectivity index (χ1n) is 16.9. The van der Waals surface area contributed by atoms with Gasteiger partial charge >= 0.3 is 18.3 Å². The number of carboxylic acids is 1. The van der Waals surface area contributed by atoms with Crippen LogP contribution in [0.4, 0.5) is 26.3 Å². The molecule has 1 aliphatic carbocycles. The molecule has 7 rings (SSSR count). The van der Waals surface area contributed by atoms with Crippen molar-refractivity contribution in [2.24, 2.45) is 0 Å². The Morgan fingerprint density at radius 3 is 2.07 bits per heavy atom. The molecule has 11 nitrogen and oxygen atoms in total. The van der Waals surface area contributed by atoms with Gasteiger partial charge in [-0.15, -0.1) is 10.2 Å². The van der Waals surface area contributed by atoms with Crippen LogP contribution in [0, 0.1) is 0 Å². The van der Waals surface area contributed by atoms with Gasteiger partial charge in [0, 0.05) is 18.5 Å². The van der Waals surface area contributed by atoms with E-state index in [1.807, 2.05) is 0 Å². The lowest BCUT2D eigenvalue weighted by molar-refractivity contribution is -0.206. The van der Waals surface area contributed by atoms with Crippen LogP contribution in [-0.2, 0) is 16.5 Å². The normalized spacial score (nSPS) is 15.9. The molecule has 284 valence electrons. The number of carbonyl (C=O) groups excluding carboxylic acids is 1. The van der Waals surface area contributed by atoms with Gasteiger partial charge in [-0.3, -0.25) is 4.79 Å². The number of nitrogens with one attached hydrogen (secondary N) is 1. The molecule has 0 saturated heterocycles. The summed E-state index contributed by atoms with van der Waals surface area (Å²) in [5.41, 5.74) is -3.11. The minimum Gasteiger partial charge on any atom is -0.478 e. The Balaban J connectivity index is 1.28. The largest absolute Gasteiger partial charge is 0.478 e. The zero-order chi connectivity index (χ0) is 39.8. The molecule has 0 aliphatic heterocycles. The molecule has 0 spiro atoms. The maximum Gasteiger partial charge on any atom is 0.418 e. The molecule has 2 N–H and O–H groups in total. The Morgan fingerprint density at radius 1 is 0.768 bits per heavy atom. The van der Waals surface area contributed by atoms with E-state index >= 15 is 13.2 Å². The molecule has 17 heteroatoms. The van der Waals surface area contributed by atoms with Crippen molar-refractivity contribution in [2.45, 2.75) is 31.2 Å². The molecule has 6 aromatic rings. The number of halogens is 6. The number of benzene rings is 3. The maximum absolute atomic E-state index is 15.3. The molecular weight excluding hydrogens is 742 g/mol. The van der Waals surface area contributed by atoms with Crippen LogP contribution >= 0.6 is 0 Å². The van der Waals surface area contributed by atoms with Crippen LogP contribution in [0.3, 0.4) is 0 Å². The van der Waals surface area contributed by atoms with Crippen LogP contribution in [0.1, 0.15) is 34.8 Å². The maximum atomic E-state index is 15.3. The van der Waals surface area contributed by atoms with Crippen LogP contribution in [0.25, 0.3) is 45.2 Å². The van der Waals surface area contributed by atoms with E-state index in [9.17, 15) is 27.9 Å². The van der Waals surface area contributed by atoms with Crippen molar-refractivity contribution in [1.82, 2.24) is 40.3 Å². The highest BCUT2D eigenvalue weighted by Gasteiger charge is 2.62. The first kappa shape index (κ1) is 37.4. The fourth-order valence-electron chi connectivity index (χ4n) is 6.40. The second kappa shape index (κ2) is 14.4. The summed E-state index contributed by atoms with van der Waals surface area (Å²) in [5.74, 6) is -2.34. The zero-order valence-corrected chi connectivity index (χ0v) is 29.0. The third kappa shape index (κ3) is 7.05. The van der Waals surface area contributed by atoms with Crippen molar-refractivity contribution in [3.05, 3.63) is 138 Å². The van der Waals surface area contributed by atoms with Crippen molar-refractivity contribution < 1.29 is 41.0 Å². The first-order chi connectivity index (χ1) is 26.7. The number of aromatic nitrogens is 7. The zero-order valence-electron chi connectivity index (χ0n) is 29.0.